The number of aliphatic imine (C=N–C) groups is 1. The van der Waals surface area contributed by atoms with Gasteiger partial charge in [-0.25, -0.2) is 9.98 Å². The first-order chi connectivity index (χ1) is 13.8. The number of ether oxygens (including phenoxy) is 1. The smallest absolute Gasteiger partial charge is 0.194 e. The van der Waals surface area contributed by atoms with E-state index in [9.17, 15) is 0 Å². The second-order valence-corrected chi connectivity index (χ2v) is 7.24. The molecule has 1 unspecified atom stereocenters. The topological polar surface area (TPSA) is 81.7 Å². The molecule has 2 fully saturated rings. The van der Waals surface area contributed by atoms with Gasteiger partial charge in [-0.3, -0.25) is 10.00 Å². The molecule has 3 heterocycles. The maximum atomic E-state index is 5.49. The van der Waals surface area contributed by atoms with E-state index >= 15 is 0 Å². The van der Waals surface area contributed by atoms with Crippen LogP contribution in [0, 0.1) is 0 Å². The van der Waals surface area contributed by atoms with Crippen molar-refractivity contribution in [2.24, 2.45) is 4.99 Å². The molecule has 2 aliphatic heterocycles. The van der Waals surface area contributed by atoms with Gasteiger partial charge in [-0.05, 0) is 25.0 Å². The van der Waals surface area contributed by atoms with Crippen molar-refractivity contribution in [1.82, 2.24) is 30.3 Å². The lowest BCUT2D eigenvalue weighted by atomic mass is 10.1. The largest absolute Gasteiger partial charge is 0.379 e. The van der Waals surface area contributed by atoms with Gasteiger partial charge in [-0.1, -0.05) is 18.2 Å². The molecule has 150 valence electrons. The van der Waals surface area contributed by atoms with E-state index in [0.29, 0.717) is 12.6 Å². The Kier molecular flexibility index (Phi) is 6.18. The summed E-state index contributed by atoms with van der Waals surface area (Å²) in [6.07, 6.45) is 2.72. The summed E-state index contributed by atoms with van der Waals surface area (Å²) in [7, 11) is 0. The normalized spacial score (nSPS) is 21.2. The Morgan fingerprint density at radius 2 is 2.21 bits per heavy atom. The number of benzene rings is 1. The molecule has 0 saturated carbocycles. The van der Waals surface area contributed by atoms with E-state index in [1.165, 1.54) is 12.7 Å². The monoisotopic (exact) mass is 383 g/mol. The average Bonchev–Trinajstić information content (AvgIpc) is 3.44. The van der Waals surface area contributed by atoms with Crippen LogP contribution in [-0.4, -0.2) is 82.9 Å². The van der Waals surface area contributed by atoms with Crippen molar-refractivity contribution in [2.75, 3.05) is 45.9 Å². The van der Waals surface area contributed by atoms with Crippen molar-refractivity contribution < 1.29 is 4.74 Å². The average molecular weight is 384 g/mol. The van der Waals surface area contributed by atoms with Gasteiger partial charge in [0.1, 0.15) is 6.33 Å². The molecule has 0 amide bonds. The Morgan fingerprint density at radius 1 is 1.32 bits per heavy atom. The number of H-pyrrole nitrogens is 1. The van der Waals surface area contributed by atoms with Gasteiger partial charge in [-0.2, -0.15) is 5.10 Å². The Hall–Kier alpha value is -2.45. The Balaban J connectivity index is 1.42. The summed E-state index contributed by atoms with van der Waals surface area (Å²) in [4.78, 5) is 14.1. The molecule has 0 bridgehead atoms. The number of hydrogen-bond acceptors (Lipinski definition) is 5. The summed E-state index contributed by atoms with van der Waals surface area (Å²) >= 11 is 0. The van der Waals surface area contributed by atoms with E-state index in [4.69, 9.17) is 9.73 Å². The van der Waals surface area contributed by atoms with Crippen LogP contribution < -0.4 is 5.32 Å². The van der Waals surface area contributed by atoms with Crippen molar-refractivity contribution in [3.8, 4) is 11.4 Å². The predicted molar refractivity (Wildman–Crippen MR) is 109 cm³/mol. The summed E-state index contributed by atoms with van der Waals surface area (Å²) in [6, 6.07) is 8.90. The maximum Gasteiger partial charge on any atom is 0.194 e. The van der Waals surface area contributed by atoms with Crippen LogP contribution in [0.1, 0.15) is 18.9 Å². The highest BCUT2D eigenvalue weighted by atomic mass is 16.5. The second kappa shape index (κ2) is 9.16. The van der Waals surface area contributed by atoms with Gasteiger partial charge >= 0.3 is 0 Å². The van der Waals surface area contributed by atoms with Gasteiger partial charge in [-0.15, -0.1) is 0 Å². The van der Waals surface area contributed by atoms with Crippen LogP contribution in [0.15, 0.2) is 35.6 Å². The van der Waals surface area contributed by atoms with Crippen molar-refractivity contribution in [3.05, 3.63) is 36.2 Å². The fraction of sp³-hybridized carbons (Fsp3) is 0.550. The number of nitrogens with zero attached hydrogens (tertiary/aromatic N) is 5. The highest BCUT2D eigenvalue weighted by Gasteiger charge is 2.30. The number of aromatic amines is 1. The minimum absolute atomic E-state index is 0.600. The zero-order valence-corrected chi connectivity index (χ0v) is 16.5. The minimum Gasteiger partial charge on any atom is -0.379 e. The second-order valence-electron chi connectivity index (χ2n) is 7.24. The maximum absolute atomic E-state index is 5.49. The predicted octanol–water partition coefficient (Wildman–Crippen LogP) is 1.34. The van der Waals surface area contributed by atoms with Crippen LogP contribution in [0.4, 0.5) is 0 Å². The molecule has 2 N–H and O–H groups in total. The number of likely N-dealkylation sites (tertiary alicyclic amines) is 1. The van der Waals surface area contributed by atoms with Crippen LogP contribution in [0.25, 0.3) is 11.4 Å². The molecule has 4 rings (SSSR count). The Labute approximate surface area is 166 Å². The molecule has 2 aromatic rings. The molecule has 0 aliphatic carbocycles. The van der Waals surface area contributed by atoms with Crippen molar-refractivity contribution in [1.29, 1.82) is 0 Å². The van der Waals surface area contributed by atoms with E-state index in [1.54, 1.807) is 0 Å². The molecule has 2 aliphatic rings. The van der Waals surface area contributed by atoms with Crippen LogP contribution in [0.5, 0.6) is 0 Å². The zero-order chi connectivity index (χ0) is 19.2. The first-order valence-corrected chi connectivity index (χ1v) is 10.1. The molecule has 0 spiro atoms. The summed E-state index contributed by atoms with van der Waals surface area (Å²) in [5.41, 5.74) is 2.19. The van der Waals surface area contributed by atoms with Crippen LogP contribution >= 0.6 is 0 Å². The van der Waals surface area contributed by atoms with Gasteiger partial charge in [0.2, 0.25) is 0 Å². The molecule has 8 heteroatoms. The van der Waals surface area contributed by atoms with Crippen molar-refractivity contribution in [3.63, 3.8) is 0 Å². The van der Waals surface area contributed by atoms with Gasteiger partial charge in [0, 0.05) is 44.3 Å². The third-order valence-electron chi connectivity index (χ3n) is 5.39. The fourth-order valence-electron chi connectivity index (χ4n) is 3.93. The molecule has 2 saturated heterocycles. The standard InChI is InChI=1S/C20H29N7O/c1-2-21-20(27-7-6-18(14-27)26-8-10-28-11-9-26)22-13-16-4-3-5-17(12-16)19-23-15-24-25-19/h3-5,12,15,18H,2,6-11,13-14H2,1H3,(H,21,22)(H,23,24,25). The summed E-state index contributed by atoms with van der Waals surface area (Å²) in [5.74, 6) is 1.79. The first-order valence-electron chi connectivity index (χ1n) is 10.1. The van der Waals surface area contributed by atoms with E-state index in [2.05, 4.69) is 49.4 Å². The number of rotatable bonds is 5. The van der Waals surface area contributed by atoms with Crippen molar-refractivity contribution in [2.45, 2.75) is 25.9 Å². The highest BCUT2D eigenvalue weighted by Crippen LogP contribution is 2.18. The van der Waals surface area contributed by atoms with E-state index in [-0.39, 0.29) is 0 Å². The number of hydrogen-bond donors (Lipinski definition) is 2. The van der Waals surface area contributed by atoms with Gasteiger partial charge in [0.05, 0.1) is 19.8 Å². The van der Waals surface area contributed by atoms with Crippen LogP contribution in [0.3, 0.4) is 0 Å². The summed E-state index contributed by atoms with van der Waals surface area (Å²) in [6.45, 7) is 9.50. The Bertz CT molecular complexity index is 771. The molecule has 1 aromatic carbocycles. The van der Waals surface area contributed by atoms with Crippen molar-refractivity contribution >= 4 is 5.96 Å². The molecule has 28 heavy (non-hydrogen) atoms. The number of guanidine groups is 1. The van der Waals surface area contributed by atoms with Gasteiger partial charge < -0.3 is 15.0 Å². The lowest BCUT2D eigenvalue weighted by molar-refractivity contribution is 0.0195. The van der Waals surface area contributed by atoms with Crippen LogP contribution in [0.2, 0.25) is 0 Å². The molecular formula is C20H29N7O. The molecule has 8 nitrogen and oxygen atoms in total. The lowest BCUT2D eigenvalue weighted by Crippen LogP contribution is -2.46. The van der Waals surface area contributed by atoms with E-state index in [1.807, 2.05) is 12.1 Å². The molecule has 1 aromatic heterocycles. The quantitative estimate of drug-likeness (QED) is 0.599. The molecular weight excluding hydrogens is 354 g/mol. The molecule has 0 radical (unpaired) electrons. The Morgan fingerprint density at radius 3 is 3.00 bits per heavy atom. The summed E-state index contributed by atoms with van der Waals surface area (Å²) in [5, 5.41) is 10.3. The lowest BCUT2D eigenvalue weighted by Gasteiger charge is -2.32. The SMILES string of the molecule is CCNC(=NCc1cccc(-c2ncn[nH]2)c1)N1CCC(N2CCOCC2)C1. The number of nitrogens with one attached hydrogen (secondary N) is 2. The molecule has 1 atom stereocenters. The van der Waals surface area contributed by atoms with Gasteiger partial charge in [0.15, 0.2) is 11.8 Å². The van der Waals surface area contributed by atoms with Gasteiger partial charge in [0.25, 0.3) is 0 Å². The number of morpholine rings is 1. The number of aromatic nitrogens is 3. The van der Waals surface area contributed by atoms with E-state index in [0.717, 1.165) is 68.8 Å². The van der Waals surface area contributed by atoms with Crippen LogP contribution in [-0.2, 0) is 11.3 Å². The first kappa shape index (κ1) is 18.9. The van der Waals surface area contributed by atoms with E-state index < -0.39 is 0 Å². The third-order valence-corrected chi connectivity index (χ3v) is 5.39. The third kappa shape index (κ3) is 4.51. The highest BCUT2D eigenvalue weighted by molar-refractivity contribution is 5.80. The fourth-order valence-corrected chi connectivity index (χ4v) is 3.93. The minimum atomic E-state index is 0.600. The summed E-state index contributed by atoms with van der Waals surface area (Å²) < 4.78 is 5.49. The zero-order valence-electron chi connectivity index (χ0n) is 16.5.